The van der Waals surface area contributed by atoms with Gasteiger partial charge in [-0.15, -0.1) is 0 Å². The van der Waals surface area contributed by atoms with Crippen molar-refractivity contribution in [1.29, 1.82) is 0 Å². The van der Waals surface area contributed by atoms with Crippen molar-refractivity contribution >= 4 is 21.8 Å². The molecule has 1 unspecified atom stereocenters. The molecule has 1 atom stereocenters. The molecule has 3 aromatic carbocycles. The predicted octanol–water partition coefficient (Wildman–Crippen LogP) is 6.09. The Hall–Kier alpha value is -3.58. The van der Waals surface area contributed by atoms with Crippen molar-refractivity contribution in [2.75, 3.05) is 6.93 Å². The fourth-order valence-electron chi connectivity index (χ4n) is 3.99. The Bertz CT molecular complexity index is 1370. The molecule has 7 heteroatoms. The molecule has 2 N–H and O–H groups in total. The zero-order chi connectivity index (χ0) is 22.9. The number of nitrogens with one attached hydrogen (secondary N) is 1. The van der Waals surface area contributed by atoms with Gasteiger partial charge in [0.1, 0.15) is 11.4 Å². The van der Waals surface area contributed by atoms with E-state index in [1.54, 1.807) is 23.0 Å². The molecule has 4 nitrogen and oxygen atoms in total. The lowest BCUT2D eigenvalue weighted by atomic mass is 9.87. The Morgan fingerprint density at radius 2 is 1.78 bits per heavy atom. The van der Waals surface area contributed by atoms with Gasteiger partial charge >= 0.3 is 0 Å². The number of nitrogens with zero attached hydrogens (tertiary/aromatic N) is 2. The van der Waals surface area contributed by atoms with Gasteiger partial charge in [0.15, 0.2) is 0 Å². The highest BCUT2D eigenvalue weighted by atomic mass is 19.3. The van der Waals surface area contributed by atoms with E-state index in [4.69, 9.17) is 0 Å². The van der Waals surface area contributed by atoms with E-state index < -0.39 is 12.5 Å². The fourth-order valence-corrected chi connectivity index (χ4v) is 3.99. The molecule has 0 amide bonds. The summed E-state index contributed by atoms with van der Waals surface area (Å²) in [6, 6.07) is 18.1. The van der Waals surface area contributed by atoms with Crippen LogP contribution in [0.1, 0.15) is 23.6 Å². The lowest BCUT2D eigenvalue weighted by Gasteiger charge is -2.24. The number of aromatic amines is 1. The number of aryl methyl sites for hydroxylation is 1. The average Bonchev–Trinajstić information content (AvgIpc) is 3.40. The molecule has 0 aliphatic heterocycles. The molecule has 5 aromatic rings. The van der Waals surface area contributed by atoms with Gasteiger partial charge < -0.3 is 10.1 Å². The van der Waals surface area contributed by atoms with Crippen molar-refractivity contribution in [3.8, 4) is 5.69 Å². The minimum Gasteiger partial charge on any atom is -0.381 e. The summed E-state index contributed by atoms with van der Waals surface area (Å²) in [5, 5.41) is 17.8. The van der Waals surface area contributed by atoms with Gasteiger partial charge in [-0.25, -0.2) is 17.9 Å². The van der Waals surface area contributed by atoms with Crippen LogP contribution in [-0.4, -0.2) is 26.8 Å². The Balaban J connectivity index is 0.000000775. The van der Waals surface area contributed by atoms with Crippen LogP contribution in [0.4, 0.5) is 13.2 Å². The molecular weight excluding hydrogens is 415 g/mol. The highest BCUT2D eigenvalue weighted by molar-refractivity contribution is 5.88. The standard InChI is InChI=1S/C24H20FN3O.CH2F2/c1-15-4-3-5-20-21(14-26-23(15)20)24(2,29)17-6-11-22-16(12-17)13-27-28(22)19-9-7-18(25)8-10-19;2-1-3/h3-14,26,29H,1-2H3;1H2. The Morgan fingerprint density at radius 3 is 2.50 bits per heavy atom. The number of fused-ring (bicyclic) bond motifs is 2. The smallest absolute Gasteiger partial charge is 0.229 e. The van der Waals surface area contributed by atoms with Crippen LogP contribution in [0.3, 0.4) is 0 Å². The lowest BCUT2D eigenvalue weighted by Crippen LogP contribution is -2.22. The second-order valence-electron chi connectivity index (χ2n) is 7.68. The maximum Gasteiger partial charge on any atom is 0.229 e. The maximum absolute atomic E-state index is 13.2. The average molecular weight is 437 g/mol. The maximum atomic E-state index is 13.2. The predicted molar refractivity (Wildman–Crippen MR) is 120 cm³/mol. The zero-order valence-electron chi connectivity index (χ0n) is 17.6. The van der Waals surface area contributed by atoms with Crippen LogP contribution in [0.25, 0.3) is 27.5 Å². The van der Waals surface area contributed by atoms with E-state index in [9.17, 15) is 18.3 Å². The summed E-state index contributed by atoms with van der Waals surface area (Å²) in [4.78, 5) is 3.29. The zero-order valence-corrected chi connectivity index (χ0v) is 17.6. The van der Waals surface area contributed by atoms with E-state index in [0.29, 0.717) is 0 Å². The molecule has 2 heterocycles. The summed E-state index contributed by atoms with van der Waals surface area (Å²) in [6.45, 7) is 2.11. The summed E-state index contributed by atoms with van der Waals surface area (Å²) < 4.78 is 34.3. The SMILES string of the molecule is Cc1cccc2c(C(C)(O)c3ccc4c(cnn4-c4ccc(F)cc4)c3)c[nH]c12.FCF. The number of aliphatic hydroxyl groups is 1. The summed E-state index contributed by atoms with van der Waals surface area (Å²) in [7, 11) is 0. The number of H-pyrrole nitrogens is 1. The third-order valence-electron chi connectivity index (χ3n) is 5.65. The van der Waals surface area contributed by atoms with E-state index in [-0.39, 0.29) is 5.82 Å². The number of hydrogen-bond acceptors (Lipinski definition) is 2. The van der Waals surface area contributed by atoms with E-state index in [1.165, 1.54) is 12.1 Å². The van der Waals surface area contributed by atoms with Crippen LogP contribution in [-0.2, 0) is 5.60 Å². The first-order valence-corrected chi connectivity index (χ1v) is 10.0. The molecule has 5 rings (SSSR count). The van der Waals surface area contributed by atoms with Crippen molar-refractivity contribution < 1.29 is 18.3 Å². The lowest BCUT2D eigenvalue weighted by molar-refractivity contribution is 0.104. The first-order chi connectivity index (χ1) is 15.4. The second kappa shape index (κ2) is 8.51. The van der Waals surface area contributed by atoms with Crippen molar-refractivity contribution in [2.24, 2.45) is 0 Å². The van der Waals surface area contributed by atoms with Crippen LogP contribution in [0.5, 0.6) is 0 Å². The van der Waals surface area contributed by atoms with Gasteiger partial charge in [-0.1, -0.05) is 24.3 Å². The van der Waals surface area contributed by atoms with Crippen molar-refractivity contribution in [3.63, 3.8) is 0 Å². The number of rotatable bonds is 3. The molecule has 0 fully saturated rings. The molecule has 32 heavy (non-hydrogen) atoms. The van der Waals surface area contributed by atoms with Gasteiger partial charge in [0, 0.05) is 28.0 Å². The van der Waals surface area contributed by atoms with Crippen LogP contribution in [0.2, 0.25) is 0 Å². The Labute approximate surface area is 182 Å². The topological polar surface area (TPSA) is 53.8 Å². The minimum atomic E-state index is -1.75. The quantitative estimate of drug-likeness (QED) is 0.359. The Kier molecular flexibility index (Phi) is 5.76. The number of halogens is 3. The third-order valence-corrected chi connectivity index (χ3v) is 5.65. The van der Waals surface area contributed by atoms with Gasteiger partial charge in [0.25, 0.3) is 0 Å². The van der Waals surface area contributed by atoms with Gasteiger partial charge in [0.05, 0.1) is 17.4 Å². The van der Waals surface area contributed by atoms with Crippen LogP contribution < -0.4 is 0 Å². The van der Waals surface area contributed by atoms with E-state index in [0.717, 1.165) is 44.2 Å². The summed E-state index contributed by atoms with van der Waals surface area (Å²) >= 11 is 0. The molecular formula is C25H22F3N3O. The number of alkyl halides is 2. The molecule has 0 spiro atoms. The highest BCUT2D eigenvalue weighted by Gasteiger charge is 2.29. The van der Waals surface area contributed by atoms with Crippen LogP contribution in [0.15, 0.2) is 73.1 Å². The van der Waals surface area contributed by atoms with Crippen molar-refractivity contribution in [3.05, 3.63) is 95.6 Å². The van der Waals surface area contributed by atoms with Gasteiger partial charge in [0.2, 0.25) is 6.93 Å². The minimum absolute atomic E-state index is 0.280. The first-order valence-electron chi connectivity index (χ1n) is 10.0. The fraction of sp³-hybridized carbons (Fsp3) is 0.160. The highest BCUT2D eigenvalue weighted by Crippen LogP contribution is 2.36. The number of hydrogen-bond donors (Lipinski definition) is 2. The monoisotopic (exact) mass is 437 g/mol. The molecule has 0 bridgehead atoms. The van der Waals surface area contributed by atoms with Crippen molar-refractivity contribution in [1.82, 2.24) is 14.8 Å². The molecule has 2 aromatic heterocycles. The van der Waals surface area contributed by atoms with E-state index in [2.05, 4.69) is 10.1 Å². The number of para-hydroxylation sites is 1. The second-order valence-corrected chi connectivity index (χ2v) is 7.68. The van der Waals surface area contributed by atoms with Crippen LogP contribution in [0, 0.1) is 12.7 Å². The summed E-state index contributed by atoms with van der Waals surface area (Å²) in [5.74, 6) is -0.280. The van der Waals surface area contributed by atoms with Crippen molar-refractivity contribution in [2.45, 2.75) is 19.4 Å². The van der Waals surface area contributed by atoms with Gasteiger partial charge in [-0.3, -0.25) is 0 Å². The number of benzene rings is 3. The normalized spacial score (nSPS) is 13.1. The largest absolute Gasteiger partial charge is 0.381 e. The summed E-state index contributed by atoms with van der Waals surface area (Å²) in [6.07, 6.45) is 3.64. The number of aromatic nitrogens is 3. The molecule has 0 aliphatic carbocycles. The Morgan fingerprint density at radius 1 is 1.06 bits per heavy atom. The van der Waals surface area contributed by atoms with E-state index >= 15 is 0 Å². The molecule has 0 radical (unpaired) electrons. The first kappa shape index (κ1) is 21.6. The van der Waals surface area contributed by atoms with Gasteiger partial charge in [-0.2, -0.15) is 5.10 Å². The van der Waals surface area contributed by atoms with Crippen LogP contribution >= 0.6 is 0 Å². The molecule has 0 saturated heterocycles. The molecule has 0 aliphatic rings. The van der Waals surface area contributed by atoms with E-state index in [1.807, 2.05) is 56.4 Å². The molecule has 0 saturated carbocycles. The molecule has 164 valence electrons. The third kappa shape index (κ3) is 3.76. The van der Waals surface area contributed by atoms with Gasteiger partial charge in [-0.05, 0) is 61.4 Å². The summed E-state index contributed by atoms with van der Waals surface area (Å²) in [5.41, 5.74) is 4.30.